The molecule has 9 heteroatoms. The largest absolute Gasteiger partial charge is 0.477 e. The molecular weight excluding hydrogens is 417 g/mol. The minimum atomic E-state index is -1.35. The fourth-order valence-electron chi connectivity index (χ4n) is 3.99. The van der Waals surface area contributed by atoms with Crippen LogP contribution in [0.1, 0.15) is 41.7 Å². The van der Waals surface area contributed by atoms with E-state index in [0.29, 0.717) is 37.4 Å². The van der Waals surface area contributed by atoms with E-state index in [4.69, 9.17) is 4.42 Å². The van der Waals surface area contributed by atoms with Crippen LogP contribution < -0.4 is 10.3 Å². The lowest BCUT2D eigenvalue weighted by Gasteiger charge is -2.36. The third kappa shape index (κ3) is 3.74. The van der Waals surface area contributed by atoms with Crippen LogP contribution in [0.5, 0.6) is 0 Å². The van der Waals surface area contributed by atoms with Crippen LogP contribution in [0.15, 0.2) is 45.9 Å². The summed E-state index contributed by atoms with van der Waals surface area (Å²) < 4.78 is 21.9. The number of anilines is 1. The number of rotatable bonds is 3. The van der Waals surface area contributed by atoms with Crippen molar-refractivity contribution in [3.8, 4) is 0 Å². The van der Waals surface area contributed by atoms with Crippen LogP contribution >= 0.6 is 0 Å². The standard InChI is InChI=1S/C23H24FN3O5/c1-23(2,3)27-13-15(22(30)31)20(28)14-11-16(24)18(12-17(14)27)25-6-8-26(9-7-25)21(29)19-5-4-10-32-19/h4-5,10-13H,6-9H2,1-3H3,(H,30,31). The van der Waals surface area contributed by atoms with E-state index in [2.05, 4.69) is 0 Å². The molecule has 32 heavy (non-hydrogen) atoms. The zero-order chi connectivity index (χ0) is 23.2. The van der Waals surface area contributed by atoms with Gasteiger partial charge in [-0.15, -0.1) is 0 Å². The first-order valence-electron chi connectivity index (χ1n) is 10.3. The number of piperazine rings is 1. The lowest BCUT2D eigenvalue weighted by Crippen LogP contribution is -2.49. The third-order valence-corrected chi connectivity index (χ3v) is 5.66. The molecule has 1 aliphatic rings. The Balaban J connectivity index is 1.71. The van der Waals surface area contributed by atoms with Crippen molar-refractivity contribution >= 4 is 28.5 Å². The molecule has 1 N–H and O–H groups in total. The zero-order valence-electron chi connectivity index (χ0n) is 18.1. The molecule has 0 aliphatic carbocycles. The van der Waals surface area contributed by atoms with Gasteiger partial charge in [0.2, 0.25) is 5.43 Å². The van der Waals surface area contributed by atoms with Crippen molar-refractivity contribution in [1.29, 1.82) is 0 Å². The Morgan fingerprint density at radius 3 is 2.38 bits per heavy atom. The number of carboxylic acid groups (broad SMARTS) is 1. The maximum absolute atomic E-state index is 15.1. The number of fused-ring (bicyclic) bond motifs is 1. The highest BCUT2D eigenvalue weighted by Crippen LogP contribution is 2.29. The number of carboxylic acids is 1. The first kappa shape index (κ1) is 21.6. The quantitative estimate of drug-likeness (QED) is 0.671. The monoisotopic (exact) mass is 441 g/mol. The average molecular weight is 441 g/mol. The molecule has 1 saturated heterocycles. The summed E-state index contributed by atoms with van der Waals surface area (Å²) in [6.07, 6.45) is 2.76. The summed E-state index contributed by atoms with van der Waals surface area (Å²) in [4.78, 5) is 40.2. The van der Waals surface area contributed by atoms with Gasteiger partial charge >= 0.3 is 5.97 Å². The molecule has 3 heterocycles. The number of hydrogen-bond acceptors (Lipinski definition) is 5. The molecule has 0 spiro atoms. The summed E-state index contributed by atoms with van der Waals surface area (Å²) >= 11 is 0. The van der Waals surface area contributed by atoms with Crippen molar-refractivity contribution in [2.75, 3.05) is 31.1 Å². The SMILES string of the molecule is CC(C)(C)n1cc(C(=O)O)c(=O)c2cc(F)c(N3CCN(C(=O)c4ccco4)CC3)cc21. The summed E-state index contributed by atoms with van der Waals surface area (Å²) in [7, 11) is 0. The molecule has 8 nitrogen and oxygen atoms in total. The van der Waals surface area contributed by atoms with Crippen LogP contribution in [0.4, 0.5) is 10.1 Å². The van der Waals surface area contributed by atoms with Gasteiger partial charge in [0.25, 0.3) is 5.91 Å². The smallest absolute Gasteiger partial charge is 0.341 e. The number of benzene rings is 1. The van der Waals surface area contributed by atoms with E-state index in [9.17, 15) is 19.5 Å². The van der Waals surface area contributed by atoms with E-state index in [-0.39, 0.29) is 17.1 Å². The molecular formula is C23H24FN3O5. The normalized spacial score (nSPS) is 14.8. The minimum Gasteiger partial charge on any atom is -0.477 e. The minimum absolute atomic E-state index is 0.0210. The highest BCUT2D eigenvalue weighted by molar-refractivity contribution is 5.94. The van der Waals surface area contributed by atoms with Crippen LogP contribution in [0.3, 0.4) is 0 Å². The summed E-state index contributed by atoms with van der Waals surface area (Å²) in [6.45, 7) is 7.23. The van der Waals surface area contributed by atoms with E-state index in [1.165, 1.54) is 12.5 Å². The lowest BCUT2D eigenvalue weighted by atomic mass is 10.0. The Morgan fingerprint density at radius 1 is 1.12 bits per heavy atom. The topological polar surface area (TPSA) is 96.0 Å². The predicted molar refractivity (Wildman–Crippen MR) is 117 cm³/mol. The second kappa shape index (κ2) is 7.81. The second-order valence-corrected chi connectivity index (χ2v) is 8.80. The molecule has 0 atom stereocenters. The molecule has 1 aromatic carbocycles. The Labute approximate surface area is 183 Å². The van der Waals surface area contributed by atoms with Crippen LogP contribution in [-0.4, -0.2) is 52.6 Å². The molecule has 0 unspecified atom stereocenters. The van der Waals surface area contributed by atoms with E-state index in [1.807, 2.05) is 25.7 Å². The first-order chi connectivity index (χ1) is 15.1. The van der Waals surface area contributed by atoms with Crippen molar-refractivity contribution in [3.63, 3.8) is 0 Å². The van der Waals surface area contributed by atoms with Gasteiger partial charge in [-0.3, -0.25) is 9.59 Å². The number of hydrogen-bond donors (Lipinski definition) is 1. The molecule has 0 saturated carbocycles. The Hall–Kier alpha value is -3.62. The highest BCUT2D eigenvalue weighted by atomic mass is 19.1. The molecule has 1 amide bonds. The Morgan fingerprint density at radius 2 is 1.81 bits per heavy atom. The van der Waals surface area contributed by atoms with Crippen molar-refractivity contribution in [1.82, 2.24) is 9.47 Å². The number of amides is 1. The maximum Gasteiger partial charge on any atom is 0.341 e. The van der Waals surface area contributed by atoms with Gasteiger partial charge in [0, 0.05) is 43.3 Å². The molecule has 168 valence electrons. The van der Waals surface area contributed by atoms with Crippen molar-refractivity contribution in [2.45, 2.75) is 26.3 Å². The summed E-state index contributed by atoms with van der Waals surface area (Å²) in [5.74, 6) is -1.91. The predicted octanol–water partition coefficient (Wildman–Crippen LogP) is 3.15. The number of pyridine rings is 1. The van der Waals surface area contributed by atoms with Crippen molar-refractivity contribution in [3.05, 3.63) is 64.1 Å². The molecule has 1 aliphatic heterocycles. The average Bonchev–Trinajstić information content (AvgIpc) is 3.27. The maximum atomic E-state index is 15.1. The van der Waals surface area contributed by atoms with Gasteiger partial charge in [-0.1, -0.05) is 0 Å². The van der Waals surface area contributed by atoms with Crippen molar-refractivity contribution < 1.29 is 23.5 Å². The number of furan rings is 1. The number of halogens is 1. The summed E-state index contributed by atoms with van der Waals surface area (Å²) in [5, 5.41) is 9.45. The van der Waals surface area contributed by atoms with Gasteiger partial charge in [0.05, 0.1) is 17.5 Å². The third-order valence-electron chi connectivity index (χ3n) is 5.66. The molecule has 2 aromatic heterocycles. The van der Waals surface area contributed by atoms with Gasteiger partial charge in [0.1, 0.15) is 11.4 Å². The number of aromatic carboxylic acids is 1. The fraction of sp³-hybridized carbons (Fsp3) is 0.348. The number of carbonyl (C=O) groups excluding carboxylic acids is 1. The van der Waals surface area contributed by atoms with Crippen molar-refractivity contribution in [2.24, 2.45) is 0 Å². The van der Waals surface area contributed by atoms with Crippen LogP contribution in [0.25, 0.3) is 10.9 Å². The van der Waals surface area contributed by atoms with E-state index in [1.54, 1.807) is 27.7 Å². The van der Waals surface area contributed by atoms with Gasteiger partial charge in [-0.2, -0.15) is 0 Å². The van der Waals surface area contributed by atoms with E-state index in [0.717, 1.165) is 6.07 Å². The Bertz CT molecular complexity index is 1250. The van der Waals surface area contributed by atoms with Crippen LogP contribution in [-0.2, 0) is 5.54 Å². The molecule has 4 rings (SSSR count). The summed E-state index contributed by atoms with van der Waals surface area (Å²) in [6, 6.07) is 5.96. The van der Waals surface area contributed by atoms with Gasteiger partial charge in [-0.25, -0.2) is 9.18 Å². The number of aromatic nitrogens is 1. The molecule has 0 bridgehead atoms. The van der Waals surface area contributed by atoms with Gasteiger partial charge in [-0.05, 0) is 45.0 Å². The first-order valence-corrected chi connectivity index (χ1v) is 10.3. The van der Waals surface area contributed by atoms with E-state index >= 15 is 4.39 Å². The molecule has 0 radical (unpaired) electrons. The Kier molecular flexibility index (Phi) is 5.28. The number of carbonyl (C=O) groups is 2. The van der Waals surface area contributed by atoms with Gasteiger partial charge in [0.15, 0.2) is 5.76 Å². The lowest BCUT2D eigenvalue weighted by molar-refractivity contribution is 0.0691. The van der Waals surface area contributed by atoms with Gasteiger partial charge < -0.3 is 23.9 Å². The summed E-state index contributed by atoms with van der Waals surface area (Å²) in [5.41, 5.74) is -0.891. The van der Waals surface area contributed by atoms with Crippen LogP contribution in [0.2, 0.25) is 0 Å². The molecule has 3 aromatic rings. The fourth-order valence-corrected chi connectivity index (χ4v) is 3.99. The van der Waals surface area contributed by atoms with Crippen LogP contribution in [0, 0.1) is 5.82 Å². The zero-order valence-corrected chi connectivity index (χ0v) is 18.1. The molecule has 1 fully saturated rings. The second-order valence-electron chi connectivity index (χ2n) is 8.80. The highest BCUT2D eigenvalue weighted by Gasteiger charge is 2.27. The number of nitrogens with zero attached hydrogens (tertiary/aromatic N) is 3. The van der Waals surface area contributed by atoms with E-state index < -0.39 is 28.3 Å².